The maximum atomic E-state index is 13.1. The summed E-state index contributed by atoms with van der Waals surface area (Å²) in [6.45, 7) is 1.74. The number of aromatic nitrogens is 3. The van der Waals surface area contributed by atoms with Crippen LogP contribution < -0.4 is 10.6 Å². The van der Waals surface area contributed by atoms with Crippen molar-refractivity contribution < 1.29 is 9.59 Å². The Labute approximate surface area is 198 Å². The Kier molecular flexibility index (Phi) is 6.50. The highest BCUT2D eigenvalue weighted by molar-refractivity contribution is 7.71. The molecular formula is C22H18ClN5O2S2. The molecule has 32 heavy (non-hydrogen) atoms. The number of carbonyl (C=O) groups excluding carboxylic acids is 2. The average Bonchev–Trinajstić information content (AvgIpc) is 3.44. The number of para-hydroxylation sites is 2. The van der Waals surface area contributed by atoms with Crippen LogP contribution >= 0.6 is 35.2 Å². The normalized spacial score (nSPS) is 11.7. The lowest BCUT2D eigenvalue weighted by Crippen LogP contribution is -2.25. The first kappa shape index (κ1) is 21.9. The van der Waals surface area contributed by atoms with Crippen LogP contribution in [-0.2, 0) is 4.79 Å². The van der Waals surface area contributed by atoms with E-state index in [0.717, 1.165) is 4.88 Å². The highest BCUT2D eigenvalue weighted by atomic mass is 35.5. The Morgan fingerprint density at radius 1 is 1.06 bits per heavy atom. The van der Waals surface area contributed by atoms with Crippen LogP contribution in [0, 0.1) is 4.77 Å². The second-order valence-corrected chi connectivity index (χ2v) is 8.64. The largest absolute Gasteiger partial charge is 0.322 e. The lowest BCUT2D eigenvalue weighted by molar-refractivity contribution is -0.118. The molecule has 0 bridgehead atoms. The van der Waals surface area contributed by atoms with Gasteiger partial charge in [-0.1, -0.05) is 29.8 Å². The average molecular weight is 484 g/mol. The second-order valence-electron chi connectivity index (χ2n) is 6.87. The minimum Gasteiger partial charge on any atom is -0.322 e. The van der Waals surface area contributed by atoms with Crippen molar-refractivity contribution in [3.8, 4) is 10.7 Å². The summed E-state index contributed by atoms with van der Waals surface area (Å²) in [6, 6.07) is 16.7. The predicted molar refractivity (Wildman–Crippen MR) is 130 cm³/mol. The van der Waals surface area contributed by atoms with Crippen molar-refractivity contribution in [3.05, 3.63) is 81.4 Å². The number of H-pyrrole nitrogens is 1. The van der Waals surface area contributed by atoms with E-state index < -0.39 is 6.04 Å². The number of rotatable bonds is 6. The molecule has 7 nitrogen and oxygen atoms in total. The molecule has 0 saturated heterocycles. The Morgan fingerprint density at radius 3 is 2.41 bits per heavy atom. The molecule has 3 N–H and O–H groups in total. The van der Waals surface area contributed by atoms with Crippen LogP contribution in [0.1, 0.15) is 23.3 Å². The highest BCUT2D eigenvalue weighted by Crippen LogP contribution is 2.27. The molecule has 4 aromatic rings. The van der Waals surface area contributed by atoms with E-state index in [9.17, 15) is 9.59 Å². The van der Waals surface area contributed by atoms with Crippen molar-refractivity contribution in [1.82, 2.24) is 14.8 Å². The number of nitrogens with one attached hydrogen (secondary N) is 3. The minimum absolute atomic E-state index is 0.298. The van der Waals surface area contributed by atoms with E-state index in [1.165, 1.54) is 11.3 Å². The van der Waals surface area contributed by atoms with Crippen molar-refractivity contribution in [1.29, 1.82) is 0 Å². The lowest BCUT2D eigenvalue weighted by atomic mass is 10.2. The minimum atomic E-state index is -0.640. The van der Waals surface area contributed by atoms with Gasteiger partial charge in [-0.05, 0) is 67.0 Å². The fourth-order valence-corrected chi connectivity index (χ4v) is 4.22. The summed E-state index contributed by atoms with van der Waals surface area (Å²) >= 11 is 12.8. The fourth-order valence-electron chi connectivity index (χ4n) is 3.09. The molecular weight excluding hydrogens is 466 g/mol. The standard InChI is InChI=1S/C22H18ClN5O2S2/c1-13(28-19(26-27-22(28)31)18-7-4-12-32-18)20(29)24-16-5-2-3-6-17(16)25-21(30)14-8-10-15(23)11-9-14/h2-13H,1H3,(H,24,29)(H,25,30)(H,27,31). The summed E-state index contributed by atoms with van der Waals surface area (Å²) in [6.07, 6.45) is 0. The molecule has 2 aromatic heterocycles. The molecule has 2 heterocycles. The summed E-state index contributed by atoms with van der Waals surface area (Å²) in [5.41, 5.74) is 1.40. The van der Waals surface area contributed by atoms with Crippen molar-refractivity contribution in [2.45, 2.75) is 13.0 Å². The van der Waals surface area contributed by atoms with E-state index in [2.05, 4.69) is 20.8 Å². The van der Waals surface area contributed by atoms with Crippen molar-refractivity contribution in [3.63, 3.8) is 0 Å². The molecule has 1 atom stereocenters. The zero-order valence-corrected chi connectivity index (χ0v) is 19.2. The van der Waals surface area contributed by atoms with Crippen LogP contribution in [0.2, 0.25) is 5.02 Å². The van der Waals surface area contributed by atoms with Gasteiger partial charge in [0.1, 0.15) is 6.04 Å². The number of halogens is 1. The van der Waals surface area contributed by atoms with Gasteiger partial charge in [0, 0.05) is 10.6 Å². The number of thiophene rings is 1. The van der Waals surface area contributed by atoms with Gasteiger partial charge in [-0.3, -0.25) is 19.3 Å². The topological polar surface area (TPSA) is 91.8 Å². The molecule has 10 heteroatoms. The summed E-state index contributed by atoms with van der Waals surface area (Å²) in [4.78, 5) is 26.6. The second kappa shape index (κ2) is 9.47. The quantitative estimate of drug-likeness (QED) is 0.303. The number of amides is 2. The number of carbonyl (C=O) groups is 2. The molecule has 0 aliphatic heterocycles. The third kappa shape index (κ3) is 4.64. The number of hydrogen-bond acceptors (Lipinski definition) is 5. The molecule has 0 saturated carbocycles. The fraction of sp³-hybridized carbons (Fsp3) is 0.0909. The van der Waals surface area contributed by atoms with Gasteiger partial charge in [0.25, 0.3) is 5.91 Å². The zero-order chi connectivity index (χ0) is 22.7. The van der Waals surface area contributed by atoms with Crippen LogP contribution in [0.4, 0.5) is 11.4 Å². The van der Waals surface area contributed by atoms with Gasteiger partial charge >= 0.3 is 0 Å². The maximum absolute atomic E-state index is 13.1. The number of nitrogens with zero attached hydrogens (tertiary/aromatic N) is 2. The molecule has 2 aromatic carbocycles. The van der Waals surface area contributed by atoms with E-state index >= 15 is 0 Å². The van der Waals surface area contributed by atoms with Gasteiger partial charge in [-0.2, -0.15) is 5.10 Å². The molecule has 1 unspecified atom stereocenters. The van der Waals surface area contributed by atoms with Crippen molar-refractivity contribution in [2.24, 2.45) is 0 Å². The summed E-state index contributed by atoms with van der Waals surface area (Å²) in [7, 11) is 0. The molecule has 162 valence electrons. The molecule has 2 amide bonds. The number of anilines is 2. The highest BCUT2D eigenvalue weighted by Gasteiger charge is 2.22. The molecule has 0 aliphatic rings. The Balaban J connectivity index is 1.55. The lowest BCUT2D eigenvalue weighted by Gasteiger charge is -2.17. The van der Waals surface area contributed by atoms with Crippen LogP contribution in [0.3, 0.4) is 0 Å². The summed E-state index contributed by atoms with van der Waals surface area (Å²) in [5.74, 6) is -0.0149. The first-order valence-corrected chi connectivity index (χ1v) is 11.3. The van der Waals surface area contributed by atoms with E-state index in [1.807, 2.05) is 17.5 Å². The molecule has 0 radical (unpaired) electrons. The number of benzene rings is 2. The van der Waals surface area contributed by atoms with Crippen molar-refractivity contribution in [2.75, 3.05) is 10.6 Å². The number of hydrogen-bond donors (Lipinski definition) is 3. The van der Waals surface area contributed by atoms with Gasteiger partial charge in [0.05, 0.1) is 16.3 Å². The van der Waals surface area contributed by atoms with Crippen LogP contribution in [0.15, 0.2) is 66.0 Å². The first-order chi connectivity index (χ1) is 15.4. The monoisotopic (exact) mass is 483 g/mol. The molecule has 0 spiro atoms. The van der Waals surface area contributed by atoms with Crippen LogP contribution in [0.5, 0.6) is 0 Å². The Hall–Kier alpha value is -3.27. The van der Waals surface area contributed by atoms with E-state index in [4.69, 9.17) is 23.8 Å². The van der Waals surface area contributed by atoms with Crippen LogP contribution in [-0.4, -0.2) is 26.6 Å². The van der Waals surface area contributed by atoms with E-state index in [1.54, 1.807) is 60.0 Å². The summed E-state index contributed by atoms with van der Waals surface area (Å²) in [5, 5.41) is 15.2. The predicted octanol–water partition coefficient (Wildman–Crippen LogP) is 5.77. The number of aromatic amines is 1. The Morgan fingerprint density at radius 2 is 1.75 bits per heavy atom. The maximum Gasteiger partial charge on any atom is 0.255 e. The molecule has 0 fully saturated rings. The van der Waals surface area contributed by atoms with Gasteiger partial charge in [0.15, 0.2) is 10.6 Å². The van der Waals surface area contributed by atoms with Gasteiger partial charge in [-0.25, -0.2) is 0 Å². The summed E-state index contributed by atoms with van der Waals surface area (Å²) < 4.78 is 2.02. The van der Waals surface area contributed by atoms with Gasteiger partial charge < -0.3 is 10.6 Å². The van der Waals surface area contributed by atoms with E-state index in [0.29, 0.717) is 32.6 Å². The third-order valence-electron chi connectivity index (χ3n) is 4.75. The first-order valence-electron chi connectivity index (χ1n) is 9.61. The SMILES string of the molecule is CC(C(=O)Nc1ccccc1NC(=O)c1ccc(Cl)cc1)n1c(-c2cccs2)n[nH]c1=S. The van der Waals surface area contributed by atoms with Gasteiger partial charge in [0.2, 0.25) is 5.91 Å². The molecule has 4 rings (SSSR count). The van der Waals surface area contributed by atoms with E-state index in [-0.39, 0.29) is 11.8 Å². The van der Waals surface area contributed by atoms with Crippen molar-refractivity contribution >= 4 is 58.3 Å². The molecule has 0 aliphatic carbocycles. The smallest absolute Gasteiger partial charge is 0.255 e. The Bertz CT molecular complexity index is 1310. The van der Waals surface area contributed by atoms with Crippen LogP contribution in [0.25, 0.3) is 10.7 Å². The third-order valence-corrected chi connectivity index (χ3v) is 6.16. The zero-order valence-electron chi connectivity index (χ0n) is 16.8. The van der Waals surface area contributed by atoms with Gasteiger partial charge in [-0.15, -0.1) is 11.3 Å².